The molecule has 202 valence electrons. The van der Waals surface area contributed by atoms with Crippen LogP contribution in [-0.4, -0.2) is 56.8 Å². The molecular weight excluding hydrogens is 494 g/mol. The summed E-state index contributed by atoms with van der Waals surface area (Å²) < 4.78 is 37.1. The van der Waals surface area contributed by atoms with Crippen LogP contribution in [0.25, 0.3) is 0 Å². The summed E-state index contributed by atoms with van der Waals surface area (Å²) in [6, 6.07) is 12.0. The molecule has 0 bridgehead atoms. The second kappa shape index (κ2) is 12.3. The van der Waals surface area contributed by atoms with E-state index in [1.807, 2.05) is 45.0 Å². The Labute approximate surface area is 219 Å². The minimum Gasteiger partial charge on any atom is -0.454 e. The van der Waals surface area contributed by atoms with Crippen molar-refractivity contribution < 1.29 is 27.5 Å². The van der Waals surface area contributed by atoms with Gasteiger partial charge in [-0.1, -0.05) is 31.2 Å². The number of hydrogen-bond acceptors (Lipinski definition) is 6. The zero-order chi connectivity index (χ0) is 27.2. The Hall–Kier alpha value is -3.27. The smallest absolute Gasteiger partial charge is 0.242 e. The molecule has 1 aliphatic heterocycles. The maximum Gasteiger partial charge on any atom is 0.242 e. The molecule has 0 aliphatic carbocycles. The molecule has 10 heteroatoms. The van der Waals surface area contributed by atoms with Crippen LogP contribution in [0.5, 0.6) is 11.5 Å². The number of nitrogens with one attached hydrogen (secondary N) is 1. The SMILES string of the molecule is CC[C@H](C)NC(=O)[C@H](C)N(Cc1ccccc1C)C(=O)CCCN(c1ccc2c(c1)OCO2)S(C)(=O)=O. The van der Waals surface area contributed by atoms with Gasteiger partial charge in [-0.15, -0.1) is 0 Å². The summed E-state index contributed by atoms with van der Waals surface area (Å²) >= 11 is 0. The van der Waals surface area contributed by atoms with Gasteiger partial charge in [-0.3, -0.25) is 13.9 Å². The zero-order valence-electron chi connectivity index (χ0n) is 22.2. The van der Waals surface area contributed by atoms with E-state index >= 15 is 0 Å². The van der Waals surface area contributed by atoms with E-state index < -0.39 is 16.1 Å². The summed E-state index contributed by atoms with van der Waals surface area (Å²) in [6.07, 6.45) is 2.28. The summed E-state index contributed by atoms with van der Waals surface area (Å²) in [6.45, 7) is 8.09. The van der Waals surface area contributed by atoms with Crippen LogP contribution < -0.4 is 19.1 Å². The van der Waals surface area contributed by atoms with Crippen LogP contribution in [0, 0.1) is 6.92 Å². The number of aryl methyl sites for hydroxylation is 1. The second-order valence-corrected chi connectivity index (χ2v) is 11.3. The maximum absolute atomic E-state index is 13.4. The first-order valence-corrected chi connectivity index (χ1v) is 14.4. The van der Waals surface area contributed by atoms with E-state index in [1.54, 1.807) is 30.0 Å². The molecule has 1 heterocycles. The molecule has 1 aliphatic rings. The van der Waals surface area contributed by atoms with E-state index in [-0.39, 0.29) is 44.0 Å². The fourth-order valence-electron chi connectivity index (χ4n) is 4.06. The normalized spacial score (nSPS) is 14.1. The van der Waals surface area contributed by atoms with Crippen molar-refractivity contribution in [1.82, 2.24) is 10.2 Å². The fraction of sp³-hybridized carbons (Fsp3) is 0.481. The molecule has 2 aromatic carbocycles. The maximum atomic E-state index is 13.4. The predicted octanol–water partition coefficient (Wildman–Crippen LogP) is 3.60. The highest BCUT2D eigenvalue weighted by atomic mass is 32.2. The van der Waals surface area contributed by atoms with Crippen LogP contribution in [0.3, 0.4) is 0 Å². The Morgan fingerprint density at radius 2 is 1.78 bits per heavy atom. The molecular formula is C27H37N3O6S. The molecule has 37 heavy (non-hydrogen) atoms. The molecule has 0 radical (unpaired) electrons. The van der Waals surface area contributed by atoms with Gasteiger partial charge in [0, 0.05) is 31.6 Å². The Morgan fingerprint density at radius 1 is 1.08 bits per heavy atom. The average Bonchev–Trinajstić information content (AvgIpc) is 3.32. The van der Waals surface area contributed by atoms with Crippen LogP contribution in [0.1, 0.15) is 51.2 Å². The lowest BCUT2D eigenvalue weighted by Crippen LogP contribution is -2.49. The van der Waals surface area contributed by atoms with E-state index in [0.717, 1.165) is 23.8 Å². The molecule has 0 aromatic heterocycles. The van der Waals surface area contributed by atoms with Gasteiger partial charge in [0.2, 0.25) is 28.6 Å². The average molecular weight is 532 g/mol. The number of anilines is 1. The van der Waals surface area contributed by atoms with Gasteiger partial charge in [0.25, 0.3) is 0 Å². The lowest BCUT2D eigenvalue weighted by atomic mass is 10.1. The van der Waals surface area contributed by atoms with Crippen molar-refractivity contribution in [3.8, 4) is 11.5 Å². The number of fused-ring (bicyclic) bond motifs is 1. The van der Waals surface area contributed by atoms with E-state index in [0.29, 0.717) is 23.7 Å². The quantitative estimate of drug-likeness (QED) is 0.449. The first-order valence-electron chi connectivity index (χ1n) is 12.5. The minimum atomic E-state index is -3.61. The van der Waals surface area contributed by atoms with Crippen LogP contribution in [-0.2, 0) is 26.2 Å². The van der Waals surface area contributed by atoms with E-state index in [4.69, 9.17) is 9.47 Å². The van der Waals surface area contributed by atoms with Crippen LogP contribution in [0.4, 0.5) is 5.69 Å². The van der Waals surface area contributed by atoms with E-state index in [9.17, 15) is 18.0 Å². The Balaban J connectivity index is 1.74. The lowest BCUT2D eigenvalue weighted by Gasteiger charge is -2.30. The number of amides is 2. The first-order chi connectivity index (χ1) is 17.5. The zero-order valence-corrected chi connectivity index (χ0v) is 23.0. The van der Waals surface area contributed by atoms with Crippen molar-refractivity contribution in [2.45, 2.75) is 65.6 Å². The van der Waals surface area contributed by atoms with Gasteiger partial charge < -0.3 is 19.7 Å². The first kappa shape index (κ1) is 28.3. The molecule has 1 N–H and O–H groups in total. The molecule has 0 unspecified atom stereocenters. The van der Waals surface area contributed by atoms with Gasteiger partial charge in [-0.05, 0) is 56.9 Å². The van der Waals surface area contributed by atoms with Gasteiger partial charge in [0.05, 0.1) is 11.9 Å². The highest BCUT2D eigenvalue weighted by Crippen LogP contribution is 2.36. The summed E-state index contributed by atoms with van der Waals surface area (Å²) in [4.78, 5) is 27.9. The summed E-state index contributed by atoms with van der Waals surface area (Å²) in [7, 11) is -3.61. The lowest BCUT2D eigenvalue weighted by molar-refractivity contribution is -0.140. The number of hydrogen-bond donors (Lipinski definition) is 1. The van der Waals surface area contributed by atoms with Gasteiger partial charge in [0.1, 0.15) is 6.04 Å². The Bertz CT molecular complexity index is 1220. The third-order valence-corrected chi connectivity index (χ3v) is 7.76. The summed E-state index contributed by atoms with van der Waals surface area (Å²) in [5.74, 6) is 0.611. The standard InChI is InChI=1S/C27H37N3O6S/c1-6-20(3)28-27(32)21(4)29(17-22-11-8-7-10-19(22)2)26(31)12-9-15-30(37(5,33)34)23-13-14-24-25(16-23)36-18-35-24/h7-8,10-11,13-14,16,20-21H,6,9,12,15,17-18H2,1-5H3,(H,28,32)/t20-,21-/m0/s1. The third kappa shape index (κ3) is 7.38. The van der Waals surface area contributed by atoms with Gasteiger partial charge in [0.15, 0.2) is 11.5 Å². The number of sulfonamides is 1. The van der Waals surface area contributed by atoms with Crippen molar-refractivity contribution in [2.24, 2.45) is 0 Å². The number of nitrogens with zero attached hydrogens (tertiary/aromatic N) is 2. The number of carbonyl (C=O) groups excluding carboxylic acids is 2. The minimum absolute atomic E-state index is 0.00427. The van der Waals surface area contributed by atoms with Gasteiger partial charge in [-0.2, -0.15) is 0 Å². The number of carbonyl (C=O) groups is 2. The fourth-order valence-corrected chi connectivity index (χ4v) is 5.02. The van der Waals surface area contributed by atoms with E-state index in [1.165, 1.54) is 4.31 Å². The molecule has 2 amide bonds. The van der Waals surface area contributed by atoms with Crippen LogP contribution >= 0.6 is 0 Å². The Morgan fingerprint density at radius 3 is 2.46 bits per heavy atom. The highest BCUT2D eigenvalue weighted by Gasteiger charge is 2.28. The topological polar surface area (TPSA) is 105 Å². The van der Waals surface area contributed by atoms with Crippen LogP contribution in [0.2, 0.25) is 0 Å². The summed E-state index contributed by atoms with van der Waals surface area (Å²) in [5, 5.41) is 2.96. The molecule has 3 rings (SSSR count). The van der Waals surface area contributed by atoms with Gasteiger partial charge in [-0.25, -0.2) is 8.42 Å². The highest BCUT2D eigenvalue weighted by molar-refractivity contribution is 7.92. The molecule has 0 saturated carbocycles. The second-order valence-electron chi connectivity index (χ2n) is 9.42. The number of benzene rings is 2. The summed E-state index contributed by atoms with van der Waals surface area (Å²) in [5.41, 5.74) is 2.43. The van der Waals surface area contributed by atoms with Crippen molar-refractivity contribution in [3.05, 3.63) is 53.6 Å². The molecule has 9 nitrogen and oxygen atoms in total. The van der Waals surface area contributed by atoms with Gasteiger partial charge >= 0.3 is 0 Å². The Kier molecular flexibility index (Phi) is 9.42. The van der Waals surface area contributed by atoms with Crippen molar-refractivity contribution in [2.75, 3.05) is 23.9 Å². The van der Waals surface area contributed by atoms with Crippen LogP contribution in [0.15, 0.2) is 42.5 Å². The monoisotopic (exact) mass is 531 g/mol. The predicted molar refractivity (Wildman–Crippen MR) is 143 cm³/mol. The van der Waals surface area contributed by atoms with Crippen molar-refractivity contribution in [3.63, 3.8) is 0 Å². The molecule has 2 aromatic rings. The largest absolute Gasteiger partial charge is 0.454 e. The van der Waals surface area contributed by atoms with E-state index in [2.05, 4.69) is 5.32 Å². The molecule has 0 saturated heterocycles. The molecule has 2 atom stereocenters. The number of rotatable bonds is 12. The molecule has 0 fully saturated rings. The number of ether oxygens (including phenoxy) is 2. The molecule has 0 spiro atoms. The third-order valence-electron chi connectivity index (χ3n) is 6.57. The van der Waals surface area contributed by atoms with Crippen molar-refractivity contribution >= 4 is 27.5 Å². The van der Waals surface area contributed by atoms with Crippen molar-refractivity contribution in [1.29, 1.82) is 0 Å².